The van der Waals surface area contributed by atoms with Gasteiger partial charge in [-0.3, -0.25) is 0 Å². The molecular weight excluding hydrogens is 250 g/mol. The molecule has 0 spiro atoms. The Balaban J connectivity index is 2.09. The van der Waals surface area contributed by atoms with E-state index in [9.17, 15) is 0 Å². The Morgan fingerprint density at radius 1 is 1.55 bits per heavy atom. The zero-order valence-corrected chi connectivity index (χ0v) is 11.7. The third kappa shape index (κ3) is 2.25. The van der Waals surface area contributed by atoms with Crippen molar-refractivity contribution in [1.29, 1.82) is 0 Å². The first-order valence-electron chi connectivity index (χ1n) is 7.02. The highest BCUT2D eigenvalue weighted by atomic mass is 16.5. The molecular formula is C16H19N3O. The second-order valence-electron chi connectivity index (χ2n) is 5.16. The minimum absolute atomic E-state index is 0.440. The summed E-state index contributed by atoms with van der Waals surface area (Å²) in [6.45, 7) is 2.64. The molecule has 1 aliphatic heterocycles. The Kier molecular flexibility index (Phi) is 3.62. The predicted molar refractivity (Wildman–Crippen MR) is 80.0 cm³/mol. The molecule has 2 aromatic rings. The van der Waals surface area contributed by atoms with Gasteiger partial charge in [-0.15, -0.1) is 6.42 Å². The van der Waals surface area contributed by atoms with E-state index in [1.807, 2.05) is 18.2 Å². The van der Waals surface area contributed by atoms with E-state index < -0.39 is 0 Å². The molecule has 0 radical (unpaired) electrons. The molecule has 20 heavy (non-hydrogen) atoms. The number of rotatable bonds is 3. The van der Waals surface area contributed by atoms with Gasteiger partial charge in [0.1, 0.15) is 11.6 Å². The van der Waals surface area contributed by atoms with Crippen LogP contribution in [-0.4, -0.2) is 29.8 Å². The molecule has 2 heterocycles. The molecule has 1 atom stereocenters. The third-order valence-corrected chi connectivity index (χ3v) is 3.90. The van der Waals surface area contributed by atoms with Crippen LogP contribution in [0.5, 0.6) is 5.75 Å². The van der Waals surface area contributed by atoms with Gasteiger partial charge in [-0.25, -0.2) is 4.98 Å². The van der Waals surface area contributed by atoms with Crippen molar-refractivity contribution < 1.29 is 4.74 Å². The minimum atomic E-state index is 0.440. The van der Waals surface area contributed by atoms with Gasteiger partial charge in [0.25, 0.3) is 0 Å². The lowest BCUT2D eigenvalue weighted by Crippen LogP contribution is -2.30. The fraction of sp³-hybridized carbons (Fsp3) is 0.438. The number of ether oxygens (including phenoxy) is 1. The zero-order valence-electron chi connectivity index (χ0n) is 11.7. The van der Waals surface area contributed by atoms with Gasteiger partial charge in [-0.1, -0.05) is 5.92 Å². The van der Waals surface area contributed by atoms with Crippen LogP contribution in [0.4, 0.5) is 0 Å². The smallest absolute Gasteiger partial charge is 0.121 e. The number of nitrogens with zero attached hydrogens (tertiary/aromatic N) is 2. The van der Waals surface area contributed by atoms with Crippen LogP contribution < -0.4 is 10.1 Å². The van der Waals surface area contributed by atoms with Gasteiger partial charge in [0.15, 0.2) is 0 Å². The number of nitrogens with one attached hydrogen (secondary N) is 1. The van der Waals surface area contributed by atoms with Crippen molar-refractivity contribution in [2.75, 3.05) is 20.2 Å². The highest BCUT2D eigenvalue weighted by Crippen LogP contribution is 2.28. The van der Waals surface area contributed by atoms with Crippen LogP contribution >= 0.6 is 0 Å². The van der Waals surface area contributed by atoms with Crippen molar-refractivity contribution in [1.82, 2.24) is 14.9 Å². The fourth-order valence-electron chi connectivity index (χ4n) is 2.90. The van der Waals surface area contributed by atoms with E-state index in [4.69, 9.17) is 16.1 Å². The average molecular weight is 269 g/mol. The predicted octanol–water partition coefficient (Wildman–Crippen LogP) is 2.15. The number of fused-ring (bicyclic) bond motifs is 1. The van der Waals surface area contributed by atoms with Crippen molar-refractivity contribution in [3.8, 4) is 18.1 Å². The summed E-state index contributed by atoms with van der Waals surface area (Å²) in [5, 5.41) is 3.44. The van der Waals surface area contributed by atoms with Crippen LogP contribution in [0.2, 0.25) is 0 Å². The highest BCUT2D eigenvalue weighted by Gasteiger charge is 2.22. The highest BCUT2D eigenvalue weighted by molar-refractivity contribution is 5.78. The monoisotopic (exact) mass is 269 g/mol. The molecule has 4 heteroatoms. The molecule has 104 valence electrons. The number of hydrogen-bond acceptors (Lipinski definition) is 3. The first kappa shape index (κ1) is 13.0. The number of benzene rings is 1. The number of piperidine rings is 1. The molecule has 1 saturated heterocycles. The SMILES string of the molecule is C#CCn1c(C2CCCNC2)nc2cc(OC)ccc21. The number of imidazole rings is 1. The molecule has 1 unspecified atom stereocenters. The van der Waals surface area contributed by atoms with Crippen LogP contribution in [0.3, 0.4) is 0 Å². The summed E-state index contributed by atoms with van der Waals surface area (Å²) in [4.78, 5) is 4.81. The largest absolute Gasteiger partial charge is 0.497 e. The summed E-state index contributed by atoms with van der Waals surface area (Å²) >= 11 is 0. The van der Waals surface area contributed by atoms with Gasteiger partial charge in [0, 0.05) is 18.5 Å². The lowest BCUT2D eigenvalue weighted by atomic mass is 9.99. The van der Waals surface area contributed by atoms with Crippen LogP contribution in [0.1, 0.15) is 24.6 Å². The second-order valence-corrected chi connectivity index (χ2v) is 5.16. The lowest BCUT2D eigenvalue weighted by molar-refractivity contribution is 0.415. The molecule has 0 bridgehead atoms. The Morgan fingerprint density at radius 2 is 2.45 bits per heavy atom. The summed E-state index contributed by atoms with van der Waals surface area (Å²) in [6, 6.07) is 5.97. The van der Waals surface area contributed by atoms with Crippen LogP contribution in [0.15, 0.2) is 18.2 Å². The van der Waals surface area contributed by atoms with Gasteiger partial charge >= 0.3 is 0 Å². The second kappa shape index (κ2) is 5.56. The molecule has 0 amide bonds. The average Bonchev–Trinajstić information content (AvgIpc) is 2.86. The van der Waals surface area contributed by atoms with E-state index in [0.717, 1.165) is 42.1 Å². The Labute approximate surface area is 119 Å². The molecule has 1 aromatic carbocycles. The van der Waals surface area contributed by atoms with Gasteiger partial charge in [0.2, 0.25) is 0 Å². The molecule has 1 N–H and O–H groups in total. The summed E-state index contributed by atoms with van der Waals surface area (Å²) in [6.07, 6.45) is 7.88. The molecule has 1 aromatic heterocycles. The van der Waals surface area contributed by atoms with E-state index in [0.29, 0.717) is 12.5 Å². The molecule has 1 fully saturated rings. The van der Waals surface area contributed by atoms with Crippen LogP contribution in [0.25, 0.3) is 11.0 Å². The molecule has 0 aliphatic carbocycles. The van der Waals surface area contributed by atoms with Crippen molar-refractivity contribution in [2.24, 2.45) is 0 Å². The zero-order chi connectivity index (χ0) is 13.9. The van der Waals surface area contributed by atoms with Gasteiger partial charge in [-0.05, 0) is 31.5 Å². The minimum Gasteiger partial charge on any atom is -0.497 e. The maximum absolute atomic E-state index is 5.53. The van der Waals surface area contributed by atoms with Gasteiger partial charge < -0.3 is 14.6 Å². The van der Waals surface area contributed by atoms with Gasteiger partial charge in [-0.2, -0.15) is 0 Å². The Bertz CT molecular complexity index is 648. The van der Waals surface area contributed by atoms with Crippen molar-refractivity contribution in [3.05, 3.63) is 24.0 Å². The quantitative estimate of drug-likeness (QED) is 0.868. The van der Waals surface area contributed by atoms with E-state index >= 15 is 0 Å². The van der Waals surface area contributed by atoms with Crippen molar-refractivity contribution in [2.45, 2.75) is 25.3 Å². The molecule has 1 aliphatic rings. The van der Waals surface area contributed by atoms with Crippen molar-refractivity contribution in [3.63, 3.8) is 0 Å². The van der Waals surface area contributed by atoms with E-state index in [-0.39, 0.29) is 0 Å². The number of hydrogen-bond donors (Lipinski definition) is 1. The Morgan fingerprint density at radius 3 is 3.15 bits per heavy atom. The topological polar surface area (TPSA) is 39.1 Å². The maximum atomic E-state index is 5.53. The summed E-state index contributed by atoms with van der Waals surface area (Å²) in [5.41, 5.74) is 2.05. The normalized spacial score (nSPS) is 18.9. The lowest BCUT2D eigenvalue weighted by Gasteiger charge is -2.22. The summed E-state index contributed by atoms with van der Waals surface area (Å²) in [7, 11) is 1.67. The number of methoxy groups -OCH3 is 1. The summed E-state index contributed by atoms with van der Waals surface area (Å²) < 4.78 is 7.43. The first-order valence-corrected chi connectivity index (χ1v) is 7.02. The van der Waals surface area contributed by atoms with Gasteiger partial charge in [0.05, 0.1) is 24.7 Å². The third-order valence-electron chi connectivity index (χ3n) is 3.90. The van der Waals surface area contributed by atoms with Crippen molar-refractivity contribution >= 4 is 11.0 Å². The standard InChI is InChI=1S/C16H19N3O/c1-3-9-19-15-7-6-13(20-2)10-14(15)18-16(19)12-5-4-8-17-11-12/h1,6-7,10,12,17H,4-5,8-9,11H2,2H3. The van der Waals surface area contributed by atoms with Crippen LogP contribution in [0, 0.1) is 12.3 Å². The molecule has 4 nitrogen and oxygen atoms in total. The molecule has 3 rings (SSSR count). The molecule has 0 saturated carbocycles. The Hall–Kier alpha value is -1.99. The first-order chi connectivity index (χ1) is 9.83. The number of terminal acetylenes is 1. The van der Waals surface area contributed by atoms with E-state index in [1.54, 1.807) is 7.11 Å². The fourth-order valence-corrected chi connectivity index (χ4v) is 2.90. The van der Waals surface area contributed by atoms with E-state index in [1.165, 1.54) is 6.42 Å². The number of aromatic nitrogens is 2. The summed E-state index contributed by atoms with van der Waals surface area (Å²) in [5.74, 6) is 5.11. The van der Waals surface area contributed by atoms with E-state index in [2.05, 4.69) is 15.8 Å². The maximum Gasteiger partial charge on any atom is 0.121 e. The van der Waals surface area contributed by atoms with Crippen LogP contribution in [-0.2, 0) is 6.54 Å².